The number of oxazole rings is 1. The Bertz CT molecular complexity index is 857. The second-order valence-electron chi connectivity index (χ2n) is 5.13. The van der Waals surface area contributed by atoms with Crippen molar-refractivity contribution in [2.45, 2.75) is 6.61 Å². The third-order valence-electron chi connectivity index (χ3n) is 3.55. The Morgan fingerprint density at radius 3 is 2.60 bits per heavy atom. The highest BCUT2D eigenvalue weighted by Crippen LogP contribution is 2.29. The Morgan fingerprint density at radius 1 is 1.08 bits per heavy atom. The number of esters is 1. The van der Waals surface area contributed by atoms with Crippen molar-refractivity contribution in [2.75, 3.05) is 14.2 Å². The number of nitrogens with zero attached hydrogens (tertiary/aromatic N) is 1. The molecule has 1 aromatic heterocycles. The molecule has 0 saturated heterocycles. The van der Waals surface area contributed by atoms with Gasteiger partial charge in [-0.05, 0) is 18.2 Å². The molecule has 6 heteroatoms. The van der Waals surface area contributed by atoms with E-state index in [1.807, 2.05) is 30.3 Å². The minimum atomic E-state index is -0.440. The van der Waals surface area contributed by atoms with Gasteiger partial charge in [0.1, 0.15) is 0 Å². The quantitative estimate of drug-likeness (QED) is 0.638. The van der Waals surface area contributed by atoms with E-state index in [1.54, 1.807) is 24.4 Å². The van der Waals surface area contributed by atoms with Crippen molar-refractivity contribution in [1.29, 1.82) is 0 Å². The van der Waals surface area contributed by atoms with Crippen LogP contribution in [0.15, 0.2) is 59.1 Å². The van der Waals surface area contributed by atoms with Crippen LogP contribution >= 0.6 is 0 Å². The summed E-state index contributed by atoms with van der Waals surface area (Å²) in [4.78, 5) is 15.8. The summed E-state index contributed by atoms with van der Waals surface area (Å²) in [6.45, 7) is 0.140. The highest BCUT2D eigenvalue weighted by Gasteiger charge is 2.13. The van der Waals surface area contributed by atoms with E-state index in [0.29, 0.717) is 28.7 Å². The predicted molar refractivity (Wildman–Crippen MR) is 90.6 cm³/mol. The number of methoxy groups -OCH3 is 2. The zero-order valence-electron chi connectivity index (χ0n) is 13.9. The van der Waals surface area contributed by atoms with Crippen molar-refractivity contribution in [2.24, 2.45) is 0 Å². The molecular weight excluding hydrogens is 322 g/mol. The van der Waals surface area contributed by atoms with Gasteiger partial charge in [-0.3, -0.25) is 0 Å². The van der Waals surface area contributed by atoms with Gasteiger partial charge in [-0.2, -0.15) is 0 Å². The molecule has 0 amide bonds. The lowest BCUT2D eigenvalue weighted by atomic mass is 10.2. The molecule has 128 valence electrons. The number of carbonyl (C=O) groups is 1. The molecule has 0 atom stereocenters. The number of rotatable bonds is 6. The van der Waals surface area contributed by atoms with Crippen molar-refractivity contribution in [1.82, 2.24) is 4.98 Å². The summed E-state index contributed by atoms with van der Waals surface area (Å²) in [5.41, 5.74) is 1.33. The molecule has 2 aromatic carbocycles. The standard InChI is InChI=1S/C19H17NO5/c1-22-16-10-14(19(21)23-2)8-9-15(16)24-12-18-20-11-17(25-18)13-6-4-3-5-7-13/h3-11H,12H2,1-2H3. The topological polar surface area (TPSA) is 70.8 Å². The van der Waals surface area contributed by atoms with Crippen LogP contribution in [0.5, 0.6) is 11.5 Å². The van der Waals surface area contributed by atoms with Crippen LogP contribution in [0.1, 0.15) is 16.2 Å². The first-order chi connectivity index (χ1) is 12.2. The zero-order chi connectivity index (χ0) is 17.6. The third kappa shape index (κ3) is 3.80. The van der Waals surface area contributed by atoms with Gasteiger partial charge in [0.2, 0.25) is 5.89 Å². The van der Waals surface area contributed by atoms with Crippen molar-refractivity contribution in [3.8, 4) is 22.8 Å². The molecule has 3 rings (SSSR count). The van der Waals surface area contributed by atoms with Crippen LogP contribution in [0.2, 0.25) is 0 Å². The Hall–Kier alpha value is -3.28. The van der Waals surface area contributed by atoms with Gasteiger partial charge >= 0.3 is 5.97 Å². The molecule has 3 aromatic rings. The van der Waals surface area contributed by atoms with Gasteiger partial charge in [0.25, 0.3) is 0 Å². The summed E-state index contributed by atoms with van der Waals surface area (Å²) in [6.07, 6.45) is 1.66. The number of hydrogen-bond acceptors (Lipinski definition) is 6. The average Bonchev–Trinajstić information content (AvgIpc) is 3.15. The molecule has 0 saturated carbocycles. The lowest BCUT2D eigenvalue weighted by Crippen LogP contribution is -2.03. The van der Waals surface area contributed by atoms with E-state index in [9.17, 15) is 4.79 Å². The SMILES string of the molecule is COC(=O)c1ccc(OCc2ncc(-c3ccccc3)o2)c(OC)c1. The fraction of sp³-hybridized carbons (Fsp3) is 0.158. The van der Waals surface area contributed by atoms with Gasteiger partial charge in [0, 0.05) is 5.56 Å². The molecule has 0 aliphatic carbocycles. The summed E-state index contributed by atoms with van der Waals surface area (Å²) in [7, 11) is 2.83. The van der Waals surface area contributed by atoms with Gasteiger partial charge in [-0.1, -0.05) is 30.3 Å². The van der Waals surface area contributed by atoms with Crippen molar-refractivity contribution in [3.63, 3.8) is 0 Å². The first kappa shape index (κ1) is 16.6. The smallest absolute Gasteiger partial charge is 0.337 e. The maximum Gasteiger partial charge on any atom is 0.337 e. The van der Waals surface area contributed by atoms with Crippen molar-refractivity contribution < 1.29 is 23.4 Å². The molecule has 0 radical (unpaired) electrons. The minimum Gasteiger partial charge on any atom is -0.493 e. The Balaban J connectivity index is 1.71. The van der Waals surface area contributed by atoms with Gasteiger partial charge in [0.05, 0.1) is 26.0 Å². The second-order valence-corrected chi connectivity index (χ2v) is 5.13. The van der Waals surface area contributed by atoms with Gasteiger partial charge < -0.3 is 18.6 Å². The molecule has 0 aliphatic heterocycles. The maximum atomic E-state index is 11.6. The first-order valence-corrected chi connectivity index (χ1v) is 7.60. The summed E-state index contributed by atoms with van der Waals surface area (Å²) in [6, 6.07) is 14.5. The first-order valence-electron chi connectivity index (χ1n) is 7.60. The fourth-order valence-electron chi connectivity index (χ4n) is 2.28. The third-order valence-corrected chi connectivity index (χ3v) is 3.55. The van der Waals surface area contributed by atoms with Crippen LogP contribution in [0.25, 0.3) is 11.3 Å². The summed E-state index contributed by atoms with van der Waals surface area (Å²) < 4.78 is 21.3. The molecular formula is C19H17NO5. The molecule has 25 heavy (non-hydrogen) atoms. The molecule has 0 spiro atoms. The van der Waals surface area contributed by atoms with Crippen LogP contribution in [0.3, 0.4) is 0 Å². The van der Waals surface area contributed by atoms with Gasteiger partial charge in [-0.15, -0.1) is 0 Å². The van der Waals surface area contributed by atoms with E-state index < -0.39 is 5.97 Å². The molecule has 0 aliphatic rings. The second kappa shape index (κ2) is 7.53. The monoisotopic (exact) mass is 339 g/mol. The highest BCUT2D eigenvalue weighted by atomic mass is 16.5. The number of aromatic nitrogens is 1. The van der Waals surface area contributed by atoms with Crippen LogP contribution in [0, 0.1) is 0 Å². The van der Waals surface area contributed by atoms with Crippen LogP contribution in [-0.4, -0.2) is 25.2 Å². The largest absolute Gasteiger partial charge is 0.493 e. The molecule has 0 N–H and O–H groups in total. The maximum absolute atomic E-state index is 11.6. The fourth-order valence-corrected chi connectivity index (χ4v) is 2.28. The molecule has 0 bridgehead atoms. The van der Waals surface area contributed by atoms with Crippen LogP contribution < -0.4 is 9.47 Å². The number of ether oxygens (including phenoxy) is 3. The van der Waals surface area contributed by atoms with Crippen molar-refractivity contribution >= 4 is 5.97 Å². The van der Waals surface area contributed by atoms with E-state index in [0.717, 1.165) is 5.56 Å². The number of benzene rings is 2. The van der Waals surface area contributed by atoms with Crippen LogP contribution in [-0.2, 0) is 11.3 Å². The number of hydrogen-bond donors (Lipinski definition) is 0. The zero-order valence-corrected chi connectivity index (χ0v) is 13.9. The average molecular weight is 339 g/mol. The van der Waals surface area contributed by atoms with Gasteiger partial charge in [0.15, 0.2) is 23.9 Å². The summed E-state index contributed by atoms with van der Waals surface area (Å²) in [5.74, 6) is 1.59. The lowest BCUT2D eigenvalue weighted by molar-refractivity contribution is 0.0600. The molecule has 0 fully saturated rings. The molecule has 6 nitrogen and oxygen atoms in total. The highest BCUT2D eigenvalue weighted by molar-refractivity contribution is 5.90. The van der Waals surface area contributed by atoms with E-state index >= 15 is 0 Å². The van der Waals surface area contributed by atoms with Gasteiger partial charge in [-0.25, -0.2) is 9.78 Å². The van der Waals surface area contributed by atoms with E-state index in [-0.39, 0.29) is 6.61 Å². The Kier molecular flexibility index (Phi) is 4.99. The minimum absolute atomic E-state index is 0.140. The lowest BCUT2D eigenvalue weighted by Gasteiger charge is -2.10. The number of carbonyl (C=O) groups excluding carboxylic acids is 1. The van der Waals surface area contributed by atoms with E-state index in [1.165, 1.54) is 14.2 Å². The Morgan fingerprint density at radius 2 is 1.88 bits per heavy atom. The normalized spacial score (nSPS) is 10.3. The molecule has 0 unspecified atom stereocenters. The predicted octanol–water partition coefficient (Wildman–Crippen LogP) is 3.72. The summed E-state index contributed by atoms with van der Waals surface area (Å²) >= 11 is 0. The molecule has 1 heterocycles. The summed E-state index contributed by atoms with van der Waals surface area (Å²) in [5, 5.41) is 0. The van der Waals surface area contributed by atoms with E-state index in [4.69, 9.17) is 13.9 Å². The Labute approximate surface area is 145 Å². The van der Waals surface area contributed by atoms with E-state index in [2.05, 4.69) is 9.72 Å². The van der Waals surface area contributed by atoms with Crippen LogP contribution in [0.4, 0.5) is 0 Å². The van der Waals surface area contributed by atoms with Crippen molar-refractivity contribution in [3.05, 3.63) is 66.2 Å².